The summed E-state index contributed by atoms with van der Waals surface area (Å²) in [7, 11) is 0. The number of hydrogen-bond donors (Lipinski definition) is 0. The predicted octanol–water partition coefficient (Wildman–Crippen LogP) is 6.74. The van der Waals surface area contributed by atoms with E-state index in [2.05, 4.69) is 30.6 Å². The van der Waals surface area contributed by atoms with Gasteiger partial charge in [0.2, 0.25) is 0 Å². The fourth-order valence-corrected chi connectivity index (χ4v) is 5.54. The third-order valence-corrected chi connectivity index (χ3v) is 7.63. The summed E-state index contributed by atoms with van der Waals surface area (Å²) in [6.07, 6.45) is 3.84. The zero-order valence-corrected chi connectivity index (χ0v) is 20.4. The fraction of sp³-hybridized carbons (Fsp3) is 0.316. The van der Waals surface area contributed by atoms with Crippen LogP contribution in [0.2, 0.25) is 0 Å². The average molecular weight is 507 g/mol. The minimum absolute atomic E-state index is 0.217. The van der Waals surface area contributed by atoms with E-state index in [0.717, 1.165) is 21.1 Å². The maximum atomic E-state index is 11.9. The molecule has 168 valence electrons. The zero-order chi connectivity index (χ0) is 22.3. The largest absolute Gasteiger partial charge is 0.508 e. The van der Waals surface area contributed by atoms with Gasteiger partial charge in [0.05, 0.1) is 33.7 Å². The number of thiazole rings is 4. The van der Waals surface area contributed by atoms with Crippen LogP contribution in [0.25, 0.3) is 10.6 Å². The molecule has 4 aromatic rings. The van der Waals surface area contributed by atoms with Gasteiger partial charge < -0.3 is 40.0 Å². The molecule has 4 rings (SSSR count). The van der Waals surface area contributed by atoms with Crippen molar-refractivity contribution in [2.24, 2.45) is 0 Å². The summed E-state index contributed by atoms with van der Waals surface area (Å²) >= 11 is 5.85. The molecule has 0 fully saturated rings. The molecular formula is C19H18N6O3S4-2. The third kappa shape index (κ3) is 6.22. The lowest BCUT2D eigenvalue weighted by molar-refractivity contribution is 0.0571. The zero-order valence-electron chi connectivity index (χ0n) is 17.2. The van der Waals surface area contributed by atoms with E-state index in [1.54, 1.807) is 12.4 Å². The topological polar surface area (TPSA) is 115 Å². The quantitative estimate of drug-likeness (QED) is 0.219. The summed E-state index contributed by atoms with van der Waals surface area (Å²) in [6.45, 7) is 4.26. The van der Waals surface area contributed by atoms with Crippen LogP contribution in [-0.4, -0.2) is 39.3 Å². The van der Waals surface area contributed by atoms with Crippen LogP contribution in [0.3, 0.4) is 0 Å². The normalized spacial score (nSPS) is 10.8. The molecule has 0 unspecified atom stereocenters. The molecule has 0 bridgehead atoms. The Labute approximate surface area is 200 Å². The van der Waals surface area contributed by atoms with Crippen LogP contribution in [0.1, 0.15) is 21.1 Å². The van der Waals surface area contributed by atoms with Crippen molar-refractivity contribution in [2.75, 3.05) is 13.2 Å². The van der Waals surface area contributed by atoms with Gasteiger partial charge in [0.1, 0.15) is 0 Å². The van der Waals surface area contributed by atoms with Gasteiger partial charge in [-0.2, -0.15) is 0 Å². The number of aromatic nitrogens is 4. The average Bonchev–Trinajstić information content (AvgIpc) is 3.54. The van der Waals surface area contributed by atoms with Gasteiger partial charge in [0, 0.05) is 22.6 Å². The maximum absolute atomic E-state index is 11.9. The molecule has 4 aromatic heterocycles. The van der Waals surface area contributed by atoms with E-state index in [4.69, 9.17) is 9.47 Å². The minimum Gasteiger partial charge on any atom is -0.434 e. The molecule has 0 aliphatic heterocycles. The minimum atomic E-state index is -0.685. The number of aryl methyl sites for hydroxylation is 2. The Bertz CT molecular complexity index is 1050. The second kappa shape index (κ2) is 10.8. The number of carbonyl (C=O) groups excluding carboxylic acids is 1. The highest BCUT2D eigenvalue weighted by Crippen LogP contribution is 2.37. The van der Waals surface area contributed by atoms with Gasteiger partial charge >= 0.3 is 6.16 Å². The van der Waals surface area contributed by atoms with E-state index in [1.807, 2.05) is 24.6 Å². The Hall–Kier alpha value is -2.61. The van der Waals surface area contributed by atoms with Crippen molar-refractivity contribution in [1.29, 1.82) is 0 Å². The van der Waals surface area contributed by atoms with Crippen LogP contribution in [0, 0.1) is 13.8 Å². The summed E-state index contributed by atoms with van der Waals surface area (Å²) in [4.78, 5) is 31.1. The van der Waals surface area contributed by atoms with E-state index >= 15 is 0 Å². The van der Waals surface area contributed by atoms with Crippen LogP contribution in [0.4, 0.5) is 25.3 Å². The Balaban J connectivity index is 1.17. The Morgan fingerprint density at radius 2 is 1.28 bits per heavy atom. The summed E-state index contributed by atoms with van der Waals surface area (Å²) in [5.41, 5.74) is 1.75. The lowest BCUT2D eigenvalue weighted by Crippen LogP contribution is -2.11. The molecule has 0 spiro atoms. The smallest absolute Gasteiger partial charge is 0.434 e. The predicted molar refractivity (Wildman–Crippen MR) is 128 cm³/mol. The summed E-state index contributed by atoms with van der Waals surface area (Å²) in [5, 5.41) is 15.2. The summed E-state index contributed by atoms with van der Waals surface area (Å²) in [5.74, 6) is 0. The van der Waals surface area contributed by atoms with Crippen molar-refractivity contribution in [2.45, 2.75) is 26.7 Å². The first-order chi connectivity index (χ1) is 15.6. The molecule has 32 heavy (non-hydrogen) atoms. The molecule has 0 radical (unpaired) electrons. The highest BCUT2D eigenvalue weighted by atomic mass is 32.1. The van der Waals surface area contributed by atoms with Gasteiger partial charge in [-0.1, -0.05) is 0 Å². The van der Waals surface area contributed by atoms with Gasteiger partial charge in [-0.25, -0.2) is 4.79 Å². The monoisotopic (exact) mass is 506 g/mol. The highest BCUT2D eigenvalue weighted by Gasteiger charge is 2.09. The van der Waals surface area contributed by atoms with Crippen LogP contribution < -0.4 is 0 Å². The number of nitrogens with zero attached hydrogens (tertiary/aromatic N) is 6. The van der Waals surface area contributed by atoms with Crippen molar-refractivity contribution in [3.05, 3.63) is 54.9 Å². The number of ether oxygens (including phenoxy) is 2. The van der Waals surface area contributed by atoms with Gasteiger partial charge in [0.25, 0.3) is 0 Å². The molecule has 0 amide bonds. The standard InChI is InChI=1S/C19H18N6O3S4/c1-11-13(31-17(22-11)24-15-20-5-9-29-15)3-7-27-19(26)28-8-4-14-12(2)23-18(32-14)25-16-21-6-10-30-16/h5-6,9-10H,3-4,7-8H2,1-2H3/q-2. The van der Waals surface area contributed by atoms with Crippen molar-refractivity contribution >= 4 is 72.0 Å². The molecule has 0 saturated heterocycles. The SMILES string of the molecule is Cc1nc([N-]c2nccs2)sc1CCOC(=O)OCCc1sc([N-]c2nccs2)nc1C. The molecule has 0 aliphatic carbocycles. The van der Waals surface area contributed by atoms with Crippen molar-refractivity contribution in [1.82, 2.24) is 19.9 Å². The molecular weight excluding hydrogens is 489 g/mol. The molecule has 0 saturated carbocycles. The Morgan fingerprint density at radius 3 is 1.69 bits per heavy atom. The van der Waals surface area contributed by atoms with E-state index in [0.29, 0.717) is 33.4 Å². The van der Waals surface area contributed by atoms with Crippen LogP contribution >= 0.6 is 45.3 Å². The number of carbonyl (C=O) groups is 1. The Kier molecular flexibility index (Phi) is 7.63. The molecule has 0 aromatic carbocycles. The number of rotatable bonds is 10. The lowest BCUT2D eigenvalue weighted by atomic mass is 10.3. The van der Waals surface area contributed by atoms with Crippen molar-refractivity contribution in [3.8, 4) is 0 Å². The van der Waals surface area contributed by atoms with E-state index < -0.39 is 6.16 Å². The number of hydrogen-bond acceptors (Lipinski definition) is 11. The van der Waals surface area contributed by atoms with Gasteiger partial charge in [-0.05, 0) is 48.4 Å². The fourth-order valence-electron chi connectivity index (χ4n) is 2.59. The van der Waals surface area contributed by atoms with E-state index in [9.17, 15) is 4.79 Å². The molecule has 9 nitrogen and oxygen atoms in total. The maximum Gasteiger partial charge on any atom is 0.508 e. The van der Waals surface area contributed by atoms with Crippen LogP contribution in [0.15, 0.2) is 23.2 Å². The van der Waals surface area contributed by atoms with Crippen molar-refractivity contribution in [3.63, 3.8) is 0 Å². The molecule has 4 heterocycles. The van der Waals surface area contributed by atoms with Gasteiger partial charge in [-0.15, -0.1) is 45.3 Å². The Morgan fingerprint density at radius 1 is 0.812 bits per heavy atom. The molecule has 13 heteroatoms. The first kappa shape index (κ1) is 22.6. The summed E-state index contributed by atoms with van der Waals surface area (Å²) in [6, 6.07) is 0. The molecule has 0 N–H and O–H groups in total. The van der Waals surface area contributed by atoms with Gasteiger partial charge in [0.15, 0.2) is 0 Å². The lowest BCUT2D eigenvalue weighted by Gasteiger charge is -2.06. The summed E-state index contributed by atoms with van der Waals surface area (Å²) < 4.78 is 10.4. The van der Waals surface area contributed by atoms with Gasteiger partial charge in [-0.3, -0.25) is 0 Å². The van der Waals surface area contributed by atoms with Crippen LogP contribution in [-0.2, 0) is 22.3 Å². The first-order valence-electron chi connectivity index (χ1n) is 9.51. The third-order valence-electron chi connectivity index (χ3n) is 4.08. The van der Waals surface area contributed by atoms with Crippen LogP contribution in [0.5, 0.6) is 0 Å². The second-order valence-corrected chi connectivity index (χ2v) is 10.2. The molecule has 0 aliphatic rings. The van der Waals surface area contributed by atoms with E-state index in [-0.39, 0.29) is 13.2 Å². The van der Waals surface area contributed by atoms with E-state index in [1.165, 1.54) is 45.3 Å². The second-order valence-electron chi connectivity index (χ2n) is 6.31. The van der Waals surface area contributed by atoms with Crippen molar-refractivity contribution < 1.29 is 14.3 Å². The highest BCUT2D eigenvalue weighted by molar-refractivity contribution is 7.18. The molecule has 0 atom stereocenters. The first-order valence-corrected chi connectivity index (χ1v) is 12.9.